The van der Waals surface area contributed by atoms with Gasteiger partial charge in [0.2, 0.25) is 0 Å². The molecular formula is C30H24N6O8. The molecule has 2 aromatic heterocycles. The van der Waals surface area contributed by atoms with E-state index in [0.717, 1.165) is 0 Å². The van der Waals surface area contributed by atoms with Crippen molar-refractivity contribution >= 4 is 23.9 Å². The molecule has 0 atom stereocenters. The maximum absolute atomic E-state index is 11.5. The number of aromatic amines is 2. The largest absolute Gasteiger partial charge is 0.427 e. The Morgan fingerprint density at radius 1 is 0.455 bits per heavy atom. The first-order valence-corrected chi connectivity index (χ1v) is 13.0. The van der Waals surface area contributed by atoms with E-state index < -0.39 is 23.9 Å². The lowest BCUT2D eigenvalue weighted by Gasteiger charge is -2.08. The molecule has 0 spiro atoms. The summed E-state index contributed by atoms with van der Waals surface area (Å²) in [5, 5.41) is 16.9. The quantitative estimate of drug-likeness (QED) is 0.191. The average Bonchev–Trinajstić information content (AvgIpc) is 3.62. The van der Waals surface area contributed by atoms with Gasteiger partial charge in [-0.3, -0.25) is 19.2 Å². The van der Waals surface area contributed by atoms with Crippen molar-refractivity contribution in [3.63, 3.8) is 0 Å². The molecule has 5 aromatic rings. The van der Waals surface area contributed by atoms with Gasteiger partial charge in [-0.15, -0.1) is 20.4 Å². The van der Waals surface area contributed by atoms with Gasteiger partial charge in [0.05, 0.1) is 0 Å². The van der Waals surface area contributed by atoms with E-state index in [0.29, 0.717) is 45.6 Å². The summed E-state index contributed by atoms with van der Waals surface area (Å²) in [4.78, 5) is 52.3. The first kappa shape index (κ1) is 29.3. The SMILES string of the molecule is CC(=O)Oc1cc(OC(C)=O)cc(-c2nnc(-c3cccc(-c4nnc(-c5cc(OC(C)=O)cc(OC(C)=O)c5)[nH]4)c3)[nH]2)c1. The standard InChI is InChI=1S/C30H24N6O8/c1-15(37)41-23-9-21(10-24(13-23)42-16(2)38)29-31-27(33-35-29)19-6-5-7-20(8-19)28-32-30(36-34-28)22-11-25(43-17(3)39)14-26(12-22)44-18(4)40/h5-14H,1-4H3,(H,31,33,35)(H,32,34,36). The van der Waals surface area contributed by atoms with Gasteiger partial charge in [0.1, 0.15) is 23.0 Å². The molecule has 0 unspecified atom stereocenters. The number of benzene rings is 3. The normalized spacial score (nSPS) is 10.6. The number of ether oxygens (including phenoxy) is 4. The third kappa shape index (κ3) is 7.17. The second-order valence-electron chi connectivity index (χ2n) is 9.39. The van der Waals surface area contributed by atoms with Crippen LogP contribution >= 0.6 is 0 Å². The molecule has 14 heteroatoms. The summed E-state index contributed by atoms with van der Waals surface area (Å²) in [5.74, 6) is 0.0611. The van der Waals surface area contributed by atoms with Crippen LogP contribution in [0.5, 0.6) is 23.0 Å². The number of rotatable bonds is 8. The maximum atomic E-state index is 11.5. The predicted molar refractivity (Wildman–Crippen MR) is 153 cm³/mol. The van der Waals surface area contributed by atoms with Crippen molar-refractivity contribution in [2.45, 2.75) is 27.7 Å². The molecule has 0 aliphatic carbocycles. The van der Waals surface area contributed by atoms with E-state index in [1.54, 1.807) is 30.3 Å². The van der Waals surface area contributed by atoms with Crippen molar-refractivity contribution < 1.29 is 38.1 Å². The van der Waals surface area contributed by atoms with Crippen LogP contribution in [0.1, 0.15) is 27.7 Å². The van der Waals surface area contributed by atoms with Crippen molar-refractivity contribution in [2.24, 2.45) is 0 Å². The lowest BCUT2D eigenvalue weighted by Crippen LogP contribution is -2.04. The highest BCUT2D eigenvalue weighted by atomic mass is 16.6. The van der Waals surface area contributed by atoms with Gasteiger partial charge in [-0.2, -0.15) is 0 Å². The lowest BCUT2D eigenvalue weighted by molar-refractivity contribution is -0.133. The van der Waals surface area contributed by atoms with Gasteiger partial charge in [-0.05, 0) is 30.3 Å². The molecule has 0 saturated carbocycles. The Kier molecular flexibility index (Phi) is 8.24. The Hall–Kier alpha value is -6.18. The van der Waals surface area contributed by atoms with Gasteiger partial charge in [0.15, 0.2) is 23.3 Å². The smallest absolute Gasteiger partial charge is 0.308 e. The topological polar surface area (TPSA) is 188 Å². The van der Waals surface area contributed by atoms with Gasteiger partial charge < -0.3 is 28.9 Å². The van der Waals surface area contributed by atoms with Gasteiger partial charge in [-0.25, -0.2) is 0 Å². The van der Waals surface area contributed by atoms with Crippen LogP contribution in [0.25, 0.3) is 45.6 Å². The predicted octanol–water partition coefficient (Wildman–Crippen LogP) is 4.29. The summed E-state index contributed by atoms with van der Waals surface area (Å²) >= 11 is 0. The van der Waals surface area contributed by atoms with E-state index >= 15 is 0 Å². The van der Waals surface area contributed by atoms with Crippen molar-refractivity contribution in [1.29, 1.82) is 0 Å². The fraction of sp³-hybridized carbons (Fsp3) is 0.133. The minimum absolute atomic E-state index is 0.172. The Bertz CT molecular complexity index is 1710. The van der Waals surface area contributed by atoms with E-state index in [4.69, 9.17) is 18.9 Å². The number of nitrogens with zero attached hydrogens (tertiary/aromatic N) is 4. The molecule has 3 aromatic carbocycles. The summed E-state index contributed by atoms with van der Waals surface area (Å²) in [5.41, 5.74) is 2.28. The molecule has 44 heavy (non-hydrogen) atoms. The zero-order valence-electron chi connectivity index (χ0n) is 23.8. The molecule has 0 aliphatic heterocycles. The minimum atomic E-state index is -0.538. The molecule has 0 fully saturated rings. The number of nitrogens with one attached hydrogen (secondary N) is 2. The molecule has 222 valence electrons. The van der Waals surface area contributed by atoms with Crippen molar-refractivity contribution in [2.75, 3.05) is 0 Å². The van der Waals surface area contributed by atoms with E-state index in [1.807, 2.05) is 18.2 Å². The number of H-pyrrole nitrogens is 2. The van der Waals surface area contributed by atoms with E-state index in [2.05, 4.69) is 30.4 Å². The third-order valence-electron chi connectivity index (χ3n) is 5.74. The van der Waals surface area contributed by atoms with Crippen LogP contribution in [0.3, 0.4) is 0 Å². The van der Waals surface area contributed by atoms with Crippen LogP contribution < -0.4 is 18.9 Å². The Balaban J connectivity index is 1.44. The van der Waals surface area contributed by atoms with Gasteiger partial charge in [0, 0.05) is 62.1 Å². The van der Waals surface area contributed by atoms with Crippen LogP contribution in [0.2, 0.25) is 0 Å². The summed E-state index contributed by atoms with van der Waals surface area (Å²) < 4.78 is 20.7. The van der Waals surface area contributed by atoms with Crippen molar-refractivity contribution in [3.05, 3.63) is 60.7 Å². The number of esters is 4. The number of hydrogen-bond donors (Lipinski definition) is 2. The molecule has 0 bridgehead atoms. The summed E-state index contributed by atoms with van der Waals surface area (Å²) in [6.07, 6.45) is 0. The molecule has 0 amide bonds. The summed E-state index contributed by atoms with van der Waals surface area (Å²) in [6.45, 7) is 5.04. The minimum Gasteiger partial charge on any atom is -0.427 e. The van der Waals surface area contributed by atoms with Crippen molar-refractivity contribution in [3.8, 4) is 68.5 Å². The number of hydrogen-bond acceptors (Lipinski definition) is 12. The molecule has 14 nitrogen and oxygen atoms in total. The molecule has 2 N–H and O–H groups in total. The molecule has 5 rings (SSSR count). The van der Waals surface area contributed by atoms with E-state index in [9.17, 15) is 19.2 Å². The monoisotopic (exact) mass is 596 g/mol. The van der Waals surface area contributed by atoms with Crippen LogP contribution in [-0.2, 0) is 19.2 Å². The Labute approximate surface area is 249 Å². The zero-order chi connectivity index (χ0) is 31.4. The van der Waals surface area contributed by atoms with Gasteiger partial charge in [0.25, 0.3) is 0 Å². The number of carbonyl (C=O) groups excluding carboxylic acids is 4. The zero-order valence-corrected chi connectivity index (χ0v) is 23.8. The maximum Gasteiger partial charge on any atom is 0.308 e. The van der Waals surface area contributed by atoms with Gasteiger partial charge in [-0.1, -0.05) is 18.2 Å². The Morgan fingerprint density at radius 2 is 0.750 bits per heavy atom. The van der Waals surface area contributed by atoms with Crippen molar-refractivity contribution in [1.82, 2.24) is 30.4 Å². The third-order valence-corrected chi connectivity index (χ3v) is 5.74. The molecular weight excluding hydrogens is 572 g/mol. The first-order chi connectivity index (χ1) is 21.0. The molecule has 0 saturated heterocycles. The van der Waals surface area contributed by atoms with Gasteiger partial charge >= 0.3 is 23.9 Å². The van der Waals surface area contributed by atoms with Crippen LogP contribution in [0.15, 0.2) is 60.7 Å². The Morgan fingerprint density at radius 3 is 1.05 bits per heavy atom. The first-order valence-electron chi connectivity index (χ1n) is 13.0. The average molecular weight is 597 g/mol. The highest BCUT2D eigenvalue weighted by molar-refractivity contribution is 5.76. The second kappa shape index (κ2) is 12.4. The lowest BCUT2D eigenvalue weighted by atomic mass is 10.1. The number of carbonyl (C=O) groups is 4. The number of aromatic nitrogens is 6. The van der Waals surface area contributed by atoms with Crippen LogP contribution in [0, 0.1) is 0 Å². The fourth-order valence-electron chi connectivity index (χ4n) is 4.17. The highest BCUT2D eigenvalue weighted by Crippen LogP contribution is 2.32. The molecule has 0 radical (unpaired) electrons. The molecule has 2 heterocycles. The highest BCUT2D eigenvalue weighted by Gasteiger charge is 2.16. The summed E-state index contributed by atoms with van der Waals surface area (Å²) in [6, 6.07) is 16.3. The van der Waals surface area contributed by atoms with E-state index in [-0.39, 0.29) is 23.0 Å². The summed E-state index contributed by atoms with van der Waals surface area (Å²) in [7, 11) is 0. The van der Waals surface area contributed by atoms with Crippen LogP contribution in [0.4, 0.5) is 0 Å². The second-order valence-corrected chi connectivity index (χ2v) is 9.39. The van der Waals surface area contributed by atoms with E-state index in [1.165, 1.54) is 39.8 Å². The fourth-order valence-corrected chi connectivity index (χ4v) is 4.17. The van der Waals surface area contributed by atoms with Crippen LogP contribution in [-0.4, -0.2) is 54.2 Å². The molecule has 0 aliphatic rings.